The van der Waals surface area contributed by atoms with Crippen LogP contribution in [0.3, 0.4) is 0 Å². The summed E-state index contributed by atoms with van der Waals surface area (Å²) in [6.45, 7) is 4.27. The molecule has 0 bridgehead atoms. The van der Waals surface area contributed by atoms with Gasteiger partial charge in [0.05, 0.1) is 13.0 Å². The Kier molecular flexibility index (Phi) is 5.04. The third-order valence-corrected chi connectivity index (χ3v) is 4.83. The minimum absolute atomic E-state index is 0.296. The fraction of sp³-hybridized carbons (Fsp3) is 0.611. The number of rotatable bonds is 5. The van der Waals surface area contributed by atoms with Crippen molar-refractivity contribution in [2.24, 2.45) is 5.92 Å². The molecule has 3 heteroatoms. The Morgan fingerprint density at radius 1 is 1.48 bits per heavy atom. The zero-order valence-corrected chi connectivity index (χ0v) is 13.3. The molecular formula is C18H26O3. The van der Waals surface area contributed by atoms with Gasteiger partial charge in [0.2, 0.25) is 0 Å². The molecule has 0 amide bonds. The highest BCUT2D eigenvalue weighted by Crippen LogP contribution is 2.46. The molecule has 0 saturated heterocycles. The van der Waals surface area contributed by atoms with Crippen LogP contribution >= 0.6 is 0 Å². The van der Waals surface area contributed by atoms with Crippen molar-refractivity contribution in [3.05, 3.63) is 35.4 Å². The molecule has 3 unspecified atom stereocenters. The summed E-state index contributed by atoms with van der Waals surface area (Å²) in [5.74, 6) is -0.350. The Morgan fingerprint density at radius 3 is 2.86 bits per heavy atom. The molecule has 2 rings (SSSR count). The van der Waals surface area contributed by atoms with E-state index in [1.807, 2.05) is 18.2 Å². The number of methoxy groups -OCH3 is 1. The summed E-state index contributed by atoms with van der Waals surface area (Å²) in [5, 5.41) is 11.3. The smallest absolute Gasteiger partial charge is 0.311 e. The first-order valence-corrected chi connectivity index (χ1v) is 7.94. The maximum atomic E-state index is 12.2. The molecule has 0 heterocycles. The average molecular weight is 290 g/mol. The predicted octanol–water partition coefficient (Wildman–Crippen LogP) is 3.75. The number of unbranched alkanes of at least 4 members (excludes halogenated alkanes) is 1. The molecule has 1 aliphatic rings. The van der Waals surface area contributed by atoms with Crippen molar-refractivity contribution in [1.29, 1.82) is 0 Å². The predicted molar refractivity (Wildman–Crippen MR) is 83.0 cm³/mol. The van der Waals surface area contributed by atoms with Crippen LogP contribution < -0.4 is 0 Å². The highest BCUT2D eigenvalue weighted by molar-refractivity contribution is 5.74. The molecule has 1 aromatic rings. The summed E-state index contributed by atoms with van der Waals surface area (Å²) in [4.78, 5) is 12.2. The topological polar surface area (TPSA) is 46.5 Å². The van der Waals surface area contributed by atoms with Crippen LogP contribution in [-0.2, 0) is 15.1 Å². The molecule has 0 saturated carbocycles. The van der Waals surface area contributed by atoms with Gasteiger partial charge >= 0.3 is 5.97 Å². The van der Waals surface area contributed by atoms with E-state index in [-0.39, 0.29) is 5.97 Å². The zero-order valence-electron chi connectivity index (χ0n) is 13.3. The molecule has 0 fully saturated rings. The van der Waals surface area contributed by atoms with E-state index in [4.69, 9.17) is 4.74 Å². The van der Waals surface area contributed by atoms with Crippen molar-refractivity contribution >= 4 is 5.97 Å². The van der Waals surface area contributed by atoms with E-state index in [2.05, 4.69) is 19.9 Å². The van der Waals surface area contributed by atoms with Gasteiger partial charge in [-0.2, -0.15) is 0 Å². The van der Waals surface area contributed by atoms with Gasteiger partial charge in [-0.25, -0.2) is 0 Å². The molecule has 1 aliphatic carbocycles. The minimum atomic E-state index is -1.09. The highest BCUT2D eigenvalue weighted by atomic mass is 16.5. The van der Waals surface area contributed by atoms with Crippen LogP contribution in [0, 0.1) is 5.92 Å². The highest BCUT2D eigenvalue weighted by Gasteiger charge is 2.46. The average Bonchev–Trinajstić information content (AvgIpc) is 2.51. The zero-order chi connectivity index (χ0) is 15.5. The van der Waals surface area contributed by atoms with Crippen molar-refractivity contribution in [1.82, 2.24) is 0 Å². The van der Waals surface area contributed by atoms with E-state index in [1.165, 1.54) is 7.11 Å². The van der Waals surface area contributed by atoms with Gasteiger partial charge < -0.3 is 9.84 Å². The van der Waals surface area contributed by atoms with Gasteiger partial charge in [-0.1, -0.05) is 51.0 Å². The van der Waals surface area contributed by atoms with Gasteiger partial charge in [0.15, 0.2) is 0 Å². The van der Waals surface area contributed by atoms with Crippen molar-refractivity contribution < 1.29 is 14.6 Å². The fourth-order valence-corrected chi connectivity index (χ4v) is 3.51. The fourth-order valence-electron chi connectivity index (χ4n) is 3.51. The van der Waals surface area contributed by atoms with Gasteiger partial charge in [0.1, 0.15) is 5.60 Å². The van der Waals surface area contributed by atoms with Crippen LogP contribution in [0.1, 0.15) is 63.0 Å². The molecule has 0 spiro atoms. The van der Waals surface area contributed by atoms with Gasteiger partial charge in [-0.05, 0) is 36.3 Å². The van der Waals surface area contributed by atoms with Gasteiger partial charge in [0.25, 0.3) is 0 Å². The Morgan fingerprint density at radius 2 is 2.19 bits per heavy atom. The third-order valence-electron chi connectivity index (χ3n) is 4.83. The van der Waals surface area contributed by atoms with E-state index < -0.39 is 11.5 Å². The van der Waals surface area contributed by atoms with Crippen LogP contribution in [0.2, 0.25) is 0 Å². The standard InChI is InChI=1S/C18H26O3/c1-4-5-9-16(17(19)21-3)18(20)12-11-13(2)14-8-6-7-10-15(14)18/h6-8,10,13,16,20H,4-5,9,11-12H2,1-3H3. The van der Waals surface area contributed by atoms with Crippen molar-refractivity contribution in [2.75, 3.05) is 7.11 Å². The number of benzene rings is 1. The molecule has 0 aliphatic heterocycles. The first kappa shape index (κ1) is 16.0. The maximum absolute atomic E-state index is 12.2. The van der Waals surface area contributed by atoms with E-state index in [0.717, 1.165) is 30.4 Å². The summed E-state index contributed by atoms with van der Waals surface area (Å²) in [5.41, 5.74) is 0.984. The molecule has 0 radical (unpaired) electrons. The van der Waals surface area contributed by atoms with Crippen LogP contribution in [0.4, 0.5) is 0 Å². The Labute approximate surface area is 127 Å². The number of carbonyl (C=O) groups is 1. The monoisotopic (exact) mass is 290 g/mol. The lowest BCUT2D eigenvalue weighted by molar-refractivity contribution is -0.159. The van der Waals surface area contributed by atoms with Gasteiger partial charge in [-0.15, -0.1) is 0 Å². The molecule has 3 atom stereocenters. The van der Waals surface area contributed by atoms with Crippen LogP contribution in [0.15, 0.2) is 24.3 Å². The summed E-state index contributed by atoms with van der Waals surface area (Å²) in [6.07, 6.45) is 4.10. The summed E-state index contributed by atoms with van der Waals surface area (Å²) < 4.78 is 4.97. The lowest BCUT2D eigenvalue weighted by Crippen LogP contribution is -2.43. The molecular weight excluding hydrogens is 264 g/mol. The van der Waals surface area contributed by atoms with Crippen molar-refractivity contribution in [3.63, 3.8) is 0 Å². The number of hydrogen-bond donors (Lipinski definition) is 1. The second-order valence-electron chi connectivity index (χ2n) is 6.17. The Hall–Kier alpha value is -1.35. The molecule has 116 valence electrons. The van der Waals surface area contributed by atoms with E-state index in [9.17, 15) is 9.90 Å². The number of hydrogen-bond acceptors (Lipinski definition) is 3. The number of aliphatic hydroxyl groups is 1. The Bertz CT molecular complexity index is 497. The number of carbonyl (C=O) groups excluding carboxylic acids is 1. The van der Waals surface area contributed by atoms with E-state index in [0.29, 0.717) is 18.8 Å². The van der Waals surface area contributed by atoms with Crippen molar-refractivity contribution in [2.45, 2.75) is 57.5 Å². The number of fused-ring (bicyclic) bond motifs is 1. The lowest BCUT2D eigenvalue weighted by Gasteiger charge is -2.41. The summed E-state index contributed by atoms with van der Waals surface area (Å²) in [7, 11) is 1.40. The third kappa shape index (κ3) is 2.98. The van der Waals surface area contributed by atoms with Crippen LogP contribution in [0.5, 0.6) is 0 Å². The second-order valence-corrected chi connectivity index (χ2v) is 6.17. The number of ether oxygens (including phenoxy) is 1. The van der Waals surface area contributed by atoms with Gasteiger partial charge in [-0.3, -0.25) is 4.79 Å². The molecule has 1 aromatic carbocycles. The van der Waals surface area contributed by atoms with E-state index >= 15 is 0 Å². The van der Waals surface area contributed by atoms with Crippen LogP contribution in [-0.4, -0.2) is 18.2 Å². The summed E-state index contributed by atoms with van der Waals surface area (Å²) in [6, 6.07) is 7.97. The first-order valence-electron chi connectivity index (χ1n) is 7.94. The summed E-state index contributed by atoms with van der Waals surface area (Å²) >= 11 is 0. The lowest BCUT2D eigenvalue weighted by atomic mass is 9.67. The van der Waals surface area contributed by atoms with E-state index in [1.54, 1.807) is 0 Å². The van der Waals surface area contributed by atoms with Crippen molar-refractivity contribution in [3.8, 4) is 0 Å². The molecule has 21 heavy (non-hydrogen) atoms. The quantitative estimate of drug-likeness (QED) is 0.840. The first-order chi connectivity index (χ1) is 10.0. The van der Waals surface area contributed by atoms with Crippen LogP contribution in [0.25, 0.3) is 0 Å². The Balaban J connectivity index is 2.43. The molecule has 1 N–H and O–H groups in total. The largest absolute Gasteiger partial charge is 0.469 e. The normalized spacial score (nSPS) is 26.0. The molecule has 0 aromatic heterocycles. The second kappa shape index (κ2) is 6.61. The SMILES string of the molecule is CCCCC(C(=O)OC)C1(O)CCC(C)c2ccccc21. The van der Waals surface area contributed by atoms with Gasteiger partial charge in [0, 0.05) is 0 Å². The maximum Gasteiger partial charge on any atom is 0.311 e. The number of esters is 1. The minimum Gasteiger partial charge on any atom is -0.469 e. The molecule has 3 nitrogen and oxygen atoms in total.